The predicted molar refractivity (Wildman–Crippen MR) is 93.2 cm³/mol. The zero-order chi connectivity index (χ0) is 17.5. The van der Waals surface area contributed by atoms with Crippen molar-refractivity contribution in [3.8, 4) is 11.5 Å². The molecule has 0 aliphatic carbocycles. The molecule has 0 saturated heterocycles. The number of hydrazine groups is 1. The first-order valence-electron chi connectivity index (χ1n) is 6.31. The Labute approximate surface area is 153 Å². The van der Waals surface area contributed by atoms with Crippen molar-refractivity contribution >= 4 is 43.8 Å². The smallest absolute Gasteiger partial charge is 0.313 e. The third kappa shape index (κ3) is 5.08. The van der Waals surface area contributed by atoms with Crippen molar-refractivity contribution in [2.75, 3.05) is 5.73 Å². The number of hydrogen-bond acceptors (Lipinski definition) is 8. The van der Waals surface area contributed by atoms with Crippen molar-refractivity contribution in [2.24, 2.45) is 5.84 Å². The Kier molecular flexibility index (Phi) is 6.35. The average Bonchev–Trinajstić information content (AvgIpc) is 3.01. The van der Waals surface area contributed by atoms with Crippen LogP contribution in [0.1, 0.15) is 10.4 Å². The second kappa shape index (κ2) is 8.47. The highest BCUT2D eigenvalue weighted by molar-refractivity contribution is 9.10. The van der Waals surface area contributed by atoms with Gasteiger partial charge in [0.25, 0.3) is 11.8 Å². The molecule has 1 amide bonds. The molecule has 3 aromatic heterocycles. The molecule has 0 saturated carbocycles. The maximum absolute atomic E-state index is 10.9. The van der Waals surface area contributed by atoms with Crippen molar-refractivity contribution in [3.05, 3.63) is 51.4 Å². The van der Waals surface area contributed by atoms with Crippen LogP contribution in [0.15, 0.2) is 50.3 Å². The molecular formula is C13H11Br2N7O2. The van der Waals surface area contributed by atoms with Crippen LogP contribution in [0.25, 0.3) is 11.5 Å². The summed E-state index contributed by atoms with van der Waals surface area (Å²) in [7, 11) is 0. The van der Waals surface area contributed by atoms with Gasteiger partial charge in [0.2, 0.25) is 0 Å². The number of halogens is 2. The van der Waals surface area contributed by atoms with Crippen molar-refractivity contribution < 1.29 is 9.21 Å². The molecule has 0 atom stereocenters. The number of nitrogens with one attached hydrogen (secondary N) is 1. The molecule has 5 N–H and O–H groups in total. The number of amides is 1. The zero-order valence-electron chi connectivity index (χ0n) is 12.0. The van der Waals surface area contributed by atoms with Crippen LogP contribution < -0.4 is 17.0 Å². The van der Waals surface area contributed by atoms with Gasteiger partial charge in [0.1, 0.15) is 0 Å². The van der Waals surface area contributed by atoms with E-state index in [1.54, 1.807) is 24.7 Å². The lowest BCUT2D eigenvalue weighted by molar-refractivity contribution is 0.0953. The summed E-state index contributed by atoms with van der Waals surface area (Å²) in [4.78, 5) is 18.6. The number of pyridine rings is 2. The van der Waals surface area contributed by atoms with Gasteiger partial charge in [-0.3, -0.25) is 20.2 Å². The Morgan fingerprint density at radius 1 is 1.04 bits per heavy atom. The number of nitrogen functional groups attached to an aromatic ring is 2. The summed E-state index contributed by atoms with van der Waals surface area (Å²) >= 11 is 6.46. The van der Waals surface area contributed by atoms with Crippen LogP contribution >= 0.6 is 31.9 Å². The first kappa shape index (κ1) is 18.0. The highest BCUT2D eigenvalue weighted by Gasteiger charge is 2.06. The van der Waals surface area contributed by atoms with Gasteiger partial charge >= 0.3 is 6.01 Å². The van der Waals surface area contributed by atoms with E-state index in [-0.39, 0.29) is 11.9 Å². The quantitative estimate of drug-likeness (QED) is 0.301. The summed E-state index contributed by atoms with van der Waals surface area (Å²) in [6.07, 6.45) is 6.32. The van der Waals surface area contributed by atoms with Crippen molar-refractivity contribution in [2.45, 2.75) is 0 Å². The number of carbonyl (C=O) groups excluding carboxylic acids is 1. The molecule has 3 rings (SSSR count). The zero-order valence-corrected chi connectivity index (χ0v) is 15.2. The second-order valence-corrected chi connectivity index (χ2v) is 6.03. The largest absolute Gasteiger partial charge is 0.403 e. The maximum Gasteiger partial charge on any atom is 0.313 e. The Morgan fingerprint density at radius 3 is 2.25 bits per heavy atom. The van der Waals surface area contributed by atoms with E-state index < -0.39 is 0 Å². The molecule has 0 aliphatic heterocycles. The molecule has 0 radical (unpaired) electrons. The number of nitrogens with two attached hydrogens (primary N) is 2. The van der Waals surface area contributed by atoms with Gasteiger partial charge in [-0.05, 0) is 44.0 Å². The van der Waals surface area contributed by atoms with E-state index >= 15 is 0 Å². The highest BCUT2D eigenvalue weighted by Crippen LogP contribution is 2.20. The van der Waals surface area contributed by atoms with Crippen LogP contribution in [-0.4, -0.2) is 26.1 Å². The Bertz CT molecular complexity index is 840. The summed E-state index contributed by atoms with van der Waals surface area (Å²) < 4.78 is 6.62. The third-order valence-corrected chi connectivity index (χ3v) is 3.36. The molecule has 0 aromatic carbocycles. The molecule has 3 aromatic rings. The van der Waals surface area contributed by atoms with Crippen LogP contribution in [0.4, 0.5) is 6.01 Å². The highest BCUT2D eigenvalue weighted by atomic mass is 79.9. The molecule has 3 heterocycles. The minimum Gasteiger partial charge on any atom is -0.403 e. The van der Waals surface area contributed by atoms with Gasteiger partial charge in [-0.2, -0.15) is 0 Å². The molecule has 0 bridgehead atoms. The molecule has 24 heavy (non-hydrogen) atoms. The number of aromatic nitrogens is 4. The van der Waals surface area contributed by atoms with Crippen LogP contribution in [-0.2, 0) is 0 Å². The fourth-order valence-corrected chi connectivity index (χ4v) is 2.23. The normalized spacial score (nSPS) is 9.79. The number of rotatable bonds is 2. The van der Waals surface area contributed by atoms with E-state index in [9.17, 15) is 4.79 Å². The van der Waals surface area contributed by atoms with Crippen molar-refractivity contribution in [1.82, 2.24) is 25.6 Å². The van der Waals surface area contributed by atoms with Crippen LogP contribution in [0.5, 0.6) is 0 Å². The number of nitrogens with zero attached hydrogens (tertiary/aromatic N) is 4. The fourth-order valence-electron chi connectivity index (χ4n) is 1.50. The summed E-state index contributed by atoms with van der Waals surface area (Å²) in [5.74, 6) is 4.93. The summed E-state index contributed by atoms with van der Waals surface area (Å²) in [5, 5.41) is 7.27. The van der Waals surface area contributed by atoms with E-state index in [1.165, 1.54) is 6.20 Å². The monoisotopic (exact) mass is 455 g/mol. The number of hydrogen-bond donors (Lipinski definition) is 3. The van der Waals surface area contributed by atoms with E-state index in [0.717, 1.165) is 14.5 Å². The maximum atomic E-state index is 10.9. The van der Waals surface area contributed by atoms with Gasteiger partial charge < -0.3 is 10.2 Å². The number of anilines is 1. The predicted octanol–water partition coefficient (Wildman–Crippen LogP) is 1.92. The number of carbonyl (C=O) groups is 1. The van der Waals surface area contributed by atoms with Gasteiger partial charge in [0.15, 0.2) is 0 Å². The fraction of sp³-hybridized carbons (Fsp3) is 0. The average molecular weight is 457 g/mol. The molecule has 11 heteroatoms. The Morgan fingerprint density at radius 2 is 1.71 bits per heavy atom. The van der Waals surface area contributed by atoms with Gasteiger partial charge in [-0.15, -0.1) is 5.10 Å². The van der Waals surface area contributed by atoms with Gasteiger partial charge in [0.05, 0.1) is 11.1 Å². The molecule has 124 valence electrons. The minimum atomic E-state index is -0.348. The topological polar surface area (TPSA) is 146 Å². The van der Waals surface area contributed by atoms with E-state index in [4.69, 9.17) is 16.0 Å². The Hall–Kier alpha value is -2.37. The van der Waals surface area contributed by atoms with Crippen LogP contribution in [0.3, 0.4) is 0 Å². The van der Waals surface area contributed by atoms with Crippen molar-refractivity contribution in [3.63, 3.8) is 0 Å². The summed E-state index contributed by atoms with van der Waals surface area (Å²) in [6.45, 7) is 0. The summed E-state index contributed by atoms with van der Waals surface area (Å²) in [6, 6.07) is 3.50. The van der Waals surface area contributed by atoms with E-state index in [0.29, 0.717) is 11.5 Å². The lowest BCUT2D eigenvalue weighted by Crippen LogP contribution is -2.30. The second-order valence-electron chi connectivity index (χ2n) is 4.20. The van der Waals surface area contributed by atoms with E-state index in [2.05, 4.69) is 52.0 Å². The molecule has 0 aliphatic rings. The van der Waals surface area contributed by atoms with E-state index in [1.807, 2.05) is 11.5 Å². The molecule has 0 fully saturated rings. The molecule has 9 nitrogen and oxygen atoms in total. The van der Waals surface area contributed by atoms with Crippen LogP contribution in [0, 0.1) is 0 Å². The summed E-state index contributed by atoms with van der Waals surface area (Å²) in [5.41, 5.74) is 8.46. The first-order valence-corrected chi connectivity index (χ1v) is 7.89. The van der Waals surface area contributed by atoms with Crippen molar-refractivity contribution in [1.29, 1.82) is 0 Å². The lowest BCUT2D eigenvalue weighted by Gasteiger charge is -1.97. The third-order valence-electron chi connectivity index (χ3n) is 2.49. The van der Waals surface area contributed by atoms with Crippen LogP contribution in [0.2, 0.25) is 0 Å². The Balaban J connectivity index is 0.000000177. The van der Waals surface area contributed by atoms with Gasteiger partial charge in [-0.25, -0.2) is 5.84 Å². The standard InChI is InChI=1S/C7H5BrN4O.C6H6BrN3O/c8-5-1-4(2-10-3-5)6-11-12-7(9)13-6;7-5-1-4(2-9-3-5)6(11)10-8/h1-3H,(H2,9,12);1-3H,8H2,(H,10,11). The minimum absolute atomic E-state index is 0.0509. The van der Waals surface area contributed by atoms with Gasteiger partial charge in [0, 0.05) is 33.7 Å². The SMILES string of the molecule is NNC(=O)c1cncc(Br)c1.Nc1nnc(-c2cncc(Br)c2)o1. The lowest BCUT2D eigenvalue weighted by atomic mass is 10.3. The van der Waals surface area contributed by atoms with Gasteiger partial charge in [-0.1, -0.05) is 5.10 Å². The molecule has 0 spiro atoms. The molecule has 0 unspecified atom stereocenters. The first-order chi connectivity index (χ1) is 11.5. The molecular weight excluding hydrogens is 446 g/mol.